The number of amides is 2. The number of aliphatic hydroxyl groups is 1. The molecule has 1 fully saturated rings. The van der Waals surface area contributed by atoms with Gasteiger partial charge in [-0.1, -0.05) is 102 Å². The molecule has 1 aliphatic rings. The quantitative estimate of drug-likeness (QED) is 0.122. The van der Waals surface area contributed by atoms with E-state index in [2.05, 4.69) is 27.8 Å². The predicted octanol–water partition coefficient (Wildman–Crippen LogP) is 9.71. The van der Waals surface area contributed by atoms with Crippen LogP contribution >= 0.6 is 23.2 Å². The Morgan fingerprint density at radius 1 is 0.808 bits per heavy atom. The first-order valence-corrected chi connectivity index (χ1v) is 17.6. The van der Waals surface area contributed by atoms with E-state index in [0.29, 0.717) is 36.1 Å². The highest BCUT2D eigenvalue weighted by Gasteiger charge is 2.33. The second-order valence-electron chi connectivity index (χ2n) is 12.4. The molecule has 1 saturated heterocycles. The summed E-state index contributed by atoms with van der Waals surface area (Å²) >= 11 is 12.5. The van der Waals surface area contributed by atoms with E-state index in [1.165, 1.54) is 0 Å². The van der Waals surface area contributed by atoms with Crippen LogP contribution in [0.15, 0.2) is 134 Å². The van der Waals surface area contributed by atoms with Crippen molar-refractivity contribution < 1.29 is 24.1 Å². The molecular weight excluding hydrogens is 699 g/mol. The van der Waals surface area contributed by atoms with Crippen molar-refractivity contribution >= 4 is 34.9 Å². The summed E-state index contributed by atoms with van der Waals surface area (Å²) < 4.78 is 20.7. The number of aliphatic hydroxyl groups excluding tert-OH is 1. The number of imidazole rings is 1. The number of nitrogens with one attached hydrogen (secondary N) is 2. The molecule has 3 atom stereocenters. The number of urea groups is 1. The Balaban J connectivity index is 1.02. The van der Waals surface area contributed by atoms with Gasteiger partial charge in [0, 0.05) is 24.2 Å². The van der Waals surface area contributed by atoms with Crippen LogP contribution in [0.3, 0.4) is 0 Å². The van der Waals surface area contributed by atoms with E-state index in [0.717, 1.165) is 39.1 Å². The van der Waals surface area contributed by atoms with Crippen LogP contribution in [0, 0.1) is 0 Å². The monoisotopic (exact) mass is 734 g/mol. The van der Waals surface area contributed by atoms with Crippen molar-refractivity contribution in [2.75, 3.05) is 5.32 Å². The number of rotatable bonds is 11. The minimum absolute atomic E-state index is 0.0300. The molecule has 2 amide bonds. The van der Waals surface area contributed by atoms with E-state index in [1.54, 1.807) is 23.0 Å². The van der Waals surface area contributed by atoms with E-state index in [1.807, 2.05) is 103 Å². The lowest BCUT2D eigenvalue weighted by Crippen LogP contribution is -2.32. The predicted molar refractivity (Wildman–Crippen MR) is 201 cm³/mol. The Morgan fingerprint density at radius 2 is 1.54 bits per heavy atom. The summed E-state index contributed by atoms with van der Waals surface area (Å²) in [5, 5.41) is 16.0. The van der Waals surface area contributed by atoms with Gasteiger partial charge in [-0.15, -0.1) is 0 Å². The summed E-state index contributed by atoms with van der Waals surface area (Å²) in [5.74, 6) is 1.42. The first-order chi connectivity index (χ1) is 25.4. The van der Waals surface area contributed by atoms with Crippen LogP contribution in [0.4, 0.5) is 10.5 Å². The molecule has 0 bridgehead atoms. The molecule has 2 heterocycles. The van der Waals surface area contributed by atoms with Gasteiger partial charge in [-0.3, -0.25) is 0 Å². The molecule has 11 heteroatoms. The maximum Gasteiger partial charge on any atom is 0.319 e. The molecule has 0 unspecified atom stereocenters. The van der Waals surface area contributed by atoms with E-state index in [-0.39, 0.29) is 30.0 Å². The average molecular weight is 736 g/mol. The molecule has 9 nitrogen and oxygen atoms in total. The summed E-state index contributed by atoms with van der Waals surface area (Å²) in [7, 11) is 0. The zero-order valence-corrected chi connectivity index (χ0v) is 29.5. The first-order valence-electron chi connectivity index (χ1n) is 16.8. The minimum atomic E-state index is -0.661. The van der Waals surface area contributed by atoms with Crippen molar-refractivity contribution in [3.63, 3.8) is 0 Å². The number of halogens is 2. The van der Waals surface area contributed by atoms with E-state index in [4.69, 9.17) is 37.4 Å². The smallest absolute Gasteiger partial charge is 0.319 e. The lowest BCUT2D eigenvalue weighted by molar-refractivity contribution is -0.252. The van der Waals surface area contributed by atoms with Crippen LogP contribution < -0.4 is 15.4 Å². The van der Waals surface area contributed by atoms with E-state index >= 15 is 0 Å². The highest BCUT2D eigenvalue weighted by molar-refractivity contribution is 6.40. The third-order valence-corrected chi connectivity index (χ3v) is 9.48. The summed E-state index contributed by atoms with van der Waals surface area (Å²) in [6.07, 6.45) is 1.01. The van der Waals surface area contributed by atoms with Gasteiger partial charge >= 0.3 is 6.03 Å². The third-order valence-electron chi connectivity index (χ3n) is 8.71. The van der Waals surface area contributed by atoms with Crippen molar-refractivity contribution in [1.29, 1.82) is 0 Å². The van der Waals surface area contributed by atoms with Gasteiger partial charge in [-0.25, -0.2) is 9.78 Å². The molecule has 0 radical (unpaired) electrons. The Bertz CT molecular complexity index is 2110. The molecule has 3 N–H and O–H groups in total. The number of nitrogens with zero attached hydrogens (tertiary/aromatic N) is 2. The maximum atomic E-state index is 12.7. The molecule has 7 rings (SSSR count). The maximum absolute atomic E-state index is 12.7. The average Bonchev–Trinajstić information content (AvgIpc) is 3.50. The van der Waals surface area contributed by atoms with Crippen molar-refractivity contribution in [2.24, 2.45) is 0 Å². The van der Waals surface area contributed by atoms with Gasteiger partial charge in [-0.2, -0.15) is 0 Å². The number of carbonyl (C=O) groups is 1. The molecule has 0 saturated carbocycles. The number of benzene rings is 5. The summed E-state index contributed by atoms with van der Waals surface area (Å²) in [6.45, 7) is 0.750. The molecular formula is C41H36Cl2N4O5. The van der Waals surface area contributed by atoms with Crippen molar-refractivity contribution in [1.82, 2.24) is 14.9 Å². The number of para-hydroxylation sites is 1. The number of carbonyl (C=O) groups excluding carboxylic acids is 1. The van der Waals surface area contributed by atoms with Gasteiger partial charge in [0.25, 0.3) is 0 Å². The van der Waals surface area contributed by atoms with E-state index in [9.17, 15) is 9.90 Å². The fourth-order valence-corrected chi connectivity index (χ4v) is 6.35. The fourth-order valence-electron chi connectivity index (χ4n) is 6.04. The highest BCUT2D eigenvalue weighted by atomic mass is 35.5. The van der Waals surface area contributed by atoms with Crippen molar-refractivity contribution in [2.45, 2.75) is 44.6 Å². The molecule has 5 aromatic carbocycles. The van der Waals surface area contributed by atoms with Gasteiger partial charge in [0.15, 0.2) is 11.4 Å². The number of aromatic nitrogens is 2. The van der Waals surface area contributed by atoms with Crippen LogP contribution in [0.2, 0.25) is 10.3 Å². The van der Waals surface area contributed by atoms with E-state index < -0.39 is 6.29 Å². The zero-order chi connectivity index (χ0) is 35.9. The Morgan fingerprint density at radius 3 is 2.27 bits per heavy atom. The SMILES string of the molecule is O=C(NCc1cccc(-c2cccc([C@H]3O[C@@H](Cn4cnc(Cl)c4Cl)C[C@@H](c4ccc(CO)cc4)O3)c2)c1)Nc1ccc(Oc2ccccc2)cc1. The molecule has 0 aliphatic carbocycles. The Kier molecular flexibility index (Phi) is 11.2. The number of hydrogen-bond acceptors (Lipinski definition) is 6. The first kappa shape index (κ1) is 35.3. The van der Waals surface area contributed by atoms with Crippen LogP contribution in [0.5, 0.6) is 11.5 Å². The van der Waals surface area contributed by atoms with Crippen LogP contribution in [-0.4, -0.2) is 26.8 Å². The molecule has 6 aromatic rings. The van der Waals surface area contributed by atoms with Gasteiger partial charge in [0.1, 0.15) is 16.7 Å². The second kappa shape index (κ2) is 16.5. The lowest BCUT2D eigenvalue weighted by Gasteiger charge is -2.36. The van der Waals surface area contributed by atoms with Gasteiger partial charge < -0.3 is 34.5 Å². The normalized spacial score (nSPS) is 17.0. The van der Waals surface area contributed by atoms with Crippen molar-refractivity contribution in [3.8, 4) is 22.6 Å². The zero-order valence-electron chi connectivity index (χ0n) is 28.0. The van der Waals surface area contributed by atoms with Crippen LogP contribution in [0.1, 0.15) is 41.1 Å². The van der Waals surface area contributed by atoms with Crippen LogP contribution in [0.25, 0.3) is 11.1 Å². The molecule has 0 spiro atoms. The lowest BCUT2D eigenvalue weighted by atomic mass is 9.98. The Hall–Kier alpha value is -5.16. The summed E-state index contributed by atoms with van der Waals surface area (Å²) in [5.41, 5.74) is 6.23. The third kappa shape index (κ3) is 8.82. The number of anilines is 1. The topological polar surface area (TPSA) is 107 Å². The minimum Gasteiger partial charge on any atom is -0.457 e. The van der Waals surface area contributed by atoms with Gasteiger partial charge in [0.05, 0.1) is 31.7 Å². The van der Waals surface area contributed by atoms with Gasteiger partial charge in [-0.05, 0) is 76.3 Å². The molecule has 1 aromatic heterocycles. The highest BCUT2D eigenvalue weighted by Crippen LogP contribution is 2.40. The Labute approximate surface area is 311 Å². The summed E-state index contributed by atoms with van der Waals surface area (Å²) in [6, 6.07) is 40.3. The number of ether oxygens (including phenoxy) is 3. The summed E-state index contributed by atoms with van der Waals surface area (Å²) in [4.78, 5) is 16.9. The standard InChI is InChI=1S/C41H36Cl2N4O5/c42-38-39(43)47(26-45-38)24-36-22-37(29-14-12-27(25-48)13-15-29)52-40(51-36)32-9-5-8-31(21-32)30-7-4-6-28(20-30)23-44-41(49)46-33-16-18-35(19-17-33)50-34-10-2-1-3-11-34/h1-21,26,36-37,40,48H,22-25H2,(H2,44,46,49)/t36-,37+,40+/m1/s1. The largest absolute Gasteiger partial charge is 0.457 e. The molecule has 52 heavy (non-hydrogen) atoms. The second-order valence-corrected chi connectivity index (χ2v) is 13.1. The molecule has 264 valence electrons. The molecule has 1 aliphatic heterocycles. The number of hydrogen-bond donors (Lipinski definition) is 3. The van der Waals surface area contributed by atoms with Gasteiger partial charge in [0.2, 0.25) is 0 Å². The fraction of sp³-hybridized carbons (Fsp3) is 0.171. The van der Waals surface area contributed by atoms with Crippen molar-refractivity contribution in [3.05, 3.63) is 166 Å². The van der Waals surface area contributed by atoms with Crippen LogP contribution in [-0.2, 0) is 29.2 Å².